The SMILES string of the molecule is CCCCCCCCCc1cc(S(=O)(=O)O)c2cccc(S(=O)(=O)O)c2c1. The zero-order valence-electron chi connectivity index (χ0n) is 15.4. The maximum Gasteiger partial charge on any atom is 0.295 e. The molecule has 0 aliphatic heterocycles. The normalized spacial score (nSPS) is 12.6. The van der Waals surface area contributed by atoms with Gasteiger partial charge in [0.1, 0.15) is 9.79 Å². The van der Waals surface area contributed by atoms with E-state index in [0.29, 0.717) is 12.0 Å². The van der Waals surface area contributed by atoms with Gasteiger partial charge in [-0.15, -0.1) is 0 Å². The summed E-state index contributed by atoms with van der Waals surface area (Å²) in [6.45, 7) is 2.16. The molecule has 0 fully saturated rings. The summed E-state index contributed by atoms with van der Waals surface area (Å²) in [7, 11) is -9.06. The van der Waals surface area contributed by atoms with Crippen LogP contribution >= 0.6 is 0 Å². The molecule has 0 aliphatic carbocycles. The Kier molecular flexibility index (Phi) is 7.39. The predicted octanol–water partition coefficient (Wildman–Crippen LogP) is 4.63. The molecule has 6 nitrogen and oxygen atoms in total. The van der Waals surface area contributed by atoms with Gasteiger partial charge >= 0.3 is 0 Å². The van der Waals surface area contributed by atoms with Crippen LogP contribution in [0.3, 0.4) is 0 Å². The highest BCUT2D eigenvalue weighted by Crippen LogP contribution is 2.30. The van der Waals surface area contributed by atoms with Gasteiger partial charge in [-0.3, -0.25) is 9.11 Å². The van der Waals surface area contributed by atoms with E-state index in [4.69, 9.17) is 0 Å². The fourth-order valence-electron chi connectivity index (χ4n) is 3.25. The second kappa shape index (κ2) is 9.14. The van der Waals surface area contributed by atoms with E-state index >= 15 is 0 Å². The molecule has 2 rings (SSSR count). The Morgan fingerprint density at radius 3 is 1.93 bits per heavy atom. The largest absolute Gasteiger partial charge is 0.295 e. The van der Waals surface area contributed by atoms with E-state index < -0.39 is 20.2 Å². The quantitative estimate of drug-likeness (QED) is 0.433. The van der Waals surface area contributed by atoms with Crippen molar-refractivity contribution >= 4 is 31.0 Å². The summed E-state index contributed by atoms with van der Waals surface area (Å²) < 4.78 is 65.9. The molecule has 2 aromatic carbocycles. The summed E-state index contributed by atoms with van der Waals surface area (Å²) in [4.78, 5) is -0.713. The predicted molar refractivity (Wildman–Crippen MR) is 105 cm³/mol. The summed E-state index contributed by atoms with van der Waals surface area (Å²) in [5.41, 5.74) is 0.611. The first kappa shape index (κ1) is 21.8. The molecule has 0 aromatic heterocycles. The van der Waals surface area contributed by atoms with Crippen LogP contribution in [-0.4, -0.2) is 25.9 Å². The number of hydrogen-bond acceptors (Lipinski definition) is 4. The number of benzene rings is 2. The Balaban J connectivity index is 2.32. The van der Waals surface area contributed by atoms with Crippen LogP contribution in [0.1, 0.15) is 57.4 Å². The van der Waals surface area contributed by atoms with E-state index in [1.165, 1.54) is 43.5 Å². The van der Waals surface area contributed by atoms with Gasteiger partial charge in [-0.25, -0.2) is 0 Å². The molecule has 0 saturated heterocycles. The minimum atomic E-state index is -4.54. The molecule has 27 heavy (non-hydrogen) atoms. The van der Waals surface area contributed by atoms with Gasteiger partial charge in [-0.2, -0.15) is 16.8 Å². The lowest BCUT2D eigenvalue weighted by Crippen LogP contribution is -2.04. The Hall–Kier alpha value is -1.48. The first-order valence-corrected chi connectivity index (χ1v) is 12.0. The van der Waals surface area contributed by atoms with E-state index in [1.54, 1.807) is 6.07 Å². The first-order chi connectivity index (χ1) is 12.6. The highest BCUT2D eigenvalue weighted by molar-refractivity contribution is 7.86. The topological polar surface area (TPSA) is 109 Å². The van der Waals surface area contributed by atoms with Crippen LogP contribution < -0.4 is 0 Å². The van der Waals surface area contributed by atoms with Crippen LogP contribution in [0.25, 0.3) is 10.8 Å². The summed E-state index contributed by atoms with van der Waals surface area (Å²) in [6, 6.07) is 6.90. The molecule has 0 radical (unpaired) electrons. The van der Waals surface area contributed by atoms with E-state index in [1.807, 2.05) is 0 Å². The molecule has 0 bridgehead atoms. The smallest absolute Gasteiger partial charge is 0.282 e. The first-order valence-electron chi connectivity index (χ1n) is 9.15. The summed E-state index contributed by atoms with van der Waals surface area (Å²) in [5.74, 6) is 0. The lowest BCUT2D eigenvalue weighted by Gasteiger charge is -2.11. The fourth-order valence-corrected chi connectivity index (χ4v) is 4.70. The minimum Gasteiger partial charge on any atom is -0.282 e. The summed E-state index contributed by atoms with van der Waals surface area (Å²) in [6.07, 6.45) is 8.25. The molecule has 8 heteroatoms. The fraction of sp³-hybridized carbons (Fsp3) is 0.474. The molecule has 150 valence electrons. The van der Waals surface area contributed by atoms with Crippen molar-refractivity contribution in [3.63, 3.8) is 0 Å². The molecule has 0 unspecified atom stereocenters. The van der Waals surface area contributed by atoms with Gasteiger partial charge in [0.15, 0.2) is 0 Å². The van der Waals surface area contributed by atoms with Crippen LogP contribution in [0, 0.1) is 0 Å². The van der Waals surface area contributed by atoms with Gasteiger partial charge in [0, 0.05) is 10.8 Å². The maximum absolute atomic E-state index is 11.8. The molecule has 0 heterocycles. The lowest BCUT2D eigenvalue weighted by atomic mass is 10.0. The Bertz CT molecular complexity index is 994. The van der Waals surface area contributed by atoms with Gasteiger partial charge in [0.25, 0.3) is 20.2 Å². The van der Waals surface area contributed by atoms with E-state index in [9.17, 15) is 25.9 Å². The molecule has 0 atom stereocenters. The van der Waals surface area contributed by atoms with Crippen molar-refractivity contribution < 1.29 is 25.9 Å². The third kappa shape index (κ3) is 6.00. The Morgan fingerprint density at radius 1 is 0.741 bits per heavy atom. The zero-order valence-corrected chi connectivity index (χ0v) is 17.0. The van der Waals surface area contributed by atoms with Gasteiger partial charge in [0.2, 0.25) is 0 Å². The van der Waals surface area contributed by atoms with Crippen LogP contribution in [0.15, 0.2) is 40.1 Å². The van der Waals surface area contributed by atoms with Crippen molar-refractivity contribution in [3.8, 4) is 0 Å². The Morgan fingerprint density at radius 2 is 1.33 bits per heavy atom. The van der Waals surface area contributed by atoms with Crippen LogP contribution in [0.5, 0.6) is 0 Å². The molecule has 2 N–H and O–H groups in total. The van der Waals surface area contributed by atoms with Gasteiger partial charge in [0.05, 0.1) is 0 Å². The molecular formula is C19H26O6S2. The summed E-state index contributed by atoms with van der Waals surface area (Å²) >= 11 is 0. The molecule has 2 aromatic rings. The average molecular weight is 415 g/mol. The van der Waals surface area contributed by atoms with Crippen molar-refractivity contribution in [1.82, 2.24) is 0 Å². The van der Waals surface area contributed by atoms with E-state index in [0.717, 1.165) is 25.7 Å². The van der Waals surface area contributed by atoms with Gasteiger partial charge in [-0.05, 0) is 36.6 Å². The molecular weight excluding hydrogens is 388 g/mol. The number of hydrogen-bond donors (Lipinski definition) is 2. The third-order valence-electron chi connectivity index (χ3n) is 4.60. The highest BCUT2D eigenvalue weighted by Gasteiger charge is 2.20. The van der Waals surface area contributed by atoms with Crippen molar-refractivity contribution in [2.45, 2.75) is 68.1 Å². The summed E-state index contributed by atoms with van der Waals surface area (Å²) in [5, 5.41) is 0.156. The number of aryl methyl sites for hydroxylation is 1. The number of fused-ring (bicyclic) bond motifs is 1. The van der Waals surface area contributed by atoms with Crippen molar-refractivity contribution in [2.24, 2.45) is 0 Å². The molecule has 0 amide bonds. The van der Waals surface area contributed by atoms with Gasteiger partial charge in [-0.1, -0.05) is 57.6 Å². The van der Waals surface area contributed by atoms with Crippen molar-refractivity contribution in [3.05, 3.63) is 35.9 Å². The second-order valence-corrected chi connectivity index (χ2v) is 9.55. The standard InChI is InChI=1S/C19H26O6S2/c1-2-3-4-5-6-7-8-10-15-13-17-16(19(14-15)27(23,24)25)11-9-12-18(17)26(20,21)22/h9,11-14H,2-8,10H2,1H3,(H,20,21,22)(H,23,24,25). The maximum atomic E-state index is 11.8. The number of rotatable bonds is 10. The molecule has 0 aliphatic rings. The average Bonchev–Trinajstić information content (AvgIpc) is 2.58. The van der Waals surface area contributed by atoms with Crippen LogP contribution in [-0.2, 0) is 26.7 Å². The monoisotopic (exact) mass is 414 g/mol. The van der Waals surface area contributed by atoms with E-state index in [-0.39, 0.29) is 20.6 Å². The molecule has 0 saturated carbocycles. The molecule has 0 spiro atoms. The van der Waals surface area contributed by atoms with Crippen LogP contribution in [0.2, 0.25) is 0 Å². The zero-order chi connectivity index (χ0) is 20.1. The van der Waals surface area contributed by atoms with Crippen LogP contribution in [0.4, 0.5) is 0 Å². The third-order valence-corrected chi connectivity index (χ3v) is 6.41. The number of unbranched alkanes of at least 4 members (excludes halogenated alkanes) is 6. The van der Waals surface area contributed by atoms with E-state index in [2.05, 4.69) is 6.92 Å². The van der Waals surface area contributed by atoms with Gasteiger partial charge < -0.3 is 0 Å². The van der Waals surface area contributed by atoms with Crippen molar-refractivity contribution in [2.75, 3.05) is 0 Å². The highest BCUT2D eigenvalue weighted by atomic mass is 32.2. The van der Waals surface area contributed by atoms with Crippen molar-refractivity contribution in [1.29, 1.82) is 0 Å². The second-order valence-electron chi connectivity index (χ2n) is 6.77. The minimum absolute atomic E-state index is 0.0657. The Labute approximate surface area is 161 Å². The lowest BCUT2D eigenvalue weighted by molar-refractivity contribution is 0.481.